The summed E-state index contributed by atoms with van der Waals surface area (Å²) in [4.78, 5) is 25.2. The minimum atomic E-state index is -4.97. The topological polar surface area (TPSA) is 74.3 Å². The highest BCUT2D eigenvalue weighted by atomic mass is 79.9. The van der Waals surface area contributed by atoms with Gasteiger partial charge in [-0.1, -0.05) is 15.9 Å². The Balaban J connectivity index is 2.61. The fourth-order valence-electron chi connectivity index (χ4n) is 2.25. The van der Waals surface area contributed by atoms with E-state index in [1.165, 1.54) is 12.1 Å². The van der Waals surface area contributed by atoms with Gasteiger partial charge in [-0.2, -0.15) is 0 Å². The molecule has 0 aliphatic carbocycles. The van der Waals surface area contributed by atoms with Crippen molar-refractivity contribution in [1.29, 1.82) is 0 Å². The molecule has 0 aromatic heterocycles. The maximum absolute atomic E-state index is 12.7. The molecule has 0 atom stereocenters. The minimum Gasteiger partial charge on any atom is -0.466 e. The number of esters is 2. The maximum Gasteiger partial charge on any atom is 0.573 e. The number of benzene rings is 1. The molecular weight excluding hydrogens is 427 g/mol. The van der Waals surface area contributed by atoms with Crippen LogP contribution in [0.5, 0.6) is 5.75 Å². The molecule has 11 heteroatoms. The highest BCUT2D eigenvalue weighted by molar-refractivity contribution is 9.10. The summed E-state index contributed by atoms with van der Waals surface area (Å²) in [6.45, 7) is -0.569. The van der Waals surface area contributed by atoms with Gasteiger partial charge in [0.25, 0.3) is 0 Å². The van der Waals surface area contributed by atoms with Gasteiger partial charge in [0.05, 0.1) is 32.1 Å². The standard InChI is InChI=1S/C15H13BrF3NO6/c1-23-13(21)9-6-25-7-20(12(9)14(22)24-2)10-4-3-8(16)5-11(10)26-15(17,18)19/h3-5H,6-7H2,1-2H3. The molecule has 2 rings (SSSR count). The molecule has 0 bridgehead atoms. The molecule has 7 nitrogen and oxygen atoms in total. The number of methoxy groups -OCH3 is 2. The Morgan fingerprint density at radius 1 is 1.19 bits per heavy atom. The number of hydrogen-bond acceptors (Lipinski definition) is 7. The molecule has 0 saturated heterocycles. The van der Waals surface area contributed by atoms with E-state index in [4.69, 9.17) is 4.74 Å². The van der Waals surface area contributed by atoms with Crippen molar-refractivity contribution >= 4 is 33.6 Å². The Morgan fingerprint density at radius 3 is 2.42 bits per heavy atom. The Labute approximate surface area is 154 Å². The first-order valence-electron chi connectivity index (χ1n) is 6.98. The fraction of sp³-hybridized carbons (Fsp3) is 0.333. The van der Waals surface area contributed by atoms with Crippen molar-refractivity contribution in [3.05, 3.63) is 33.9 Å². The van der Waals surface area contributed by atoms with Gasteiger partial charge in [0.15, 0.2) is 5.75 Å². The third-order valence-electron chi connectivity index (χ3n) is 3.27. The summed E-state index contributed by atoms with van der Waals surface area (Å²) in [7, 11) is 2.17. The number of nitrogens with zero attached hydrogens (tertiary/aromatic N) is 1. The van der Waals surface area contributed by atoms with Crippen LogP contribution in [0.25, 0.3) is 0 Å². The van der Waals surface area contributed by atoms with Gasteiger partial charge in [-0.3, -0.25) is 0 Å². The first-order chi connectivity index (χ1) is 12.2. The van der Waals surface area contributed by atoms with Gasteiger partial charge >= 0.3 is 18.3 Å². The number of carbonyl (C=O) groups is 2. The summed E-state index contributed by atoms with van der Waals surface area (Å²) in [5, 5.41) is 0. The normalized spacial score (nSPS) is 14.9. The molecule has 142 valence electrons. The lowest BCUT2D eigenvalue weighted by molar-refractivity contribution is -0.274. The highest BCUT2D eigenvalue weighted by Crippen LogP contribution is 2.38. The van der Waals surface area contributed by atoms with Crippen LogP contribution in [-0.4, -0.2) is 45.9 Å². The number of ether oxygens (including phenoxy) is 4. The van der Waals surface area contributed by atoms with Gasteiger partial charge in [0.2, 0.25) is 0 Å². The van der Waals surface area contributed by atoms with Crippen LogP contribution in [0.15, 0.2) is 33.9 Å². The van der Waals surface area contributed by atoms with Crippen LogP contribution in [0.4, 0.5) is 18.9 Å². The molecule has 26 heavy (non-hydrogen) atoms. The van der Waals surface area contributed by atoms with Gasteiger partial charge in [-0.15, -0.1) is 13.2 Å². The Kier molecular flexibility index (Phi) is 6.13. The molecule has 1 aromatic rings. The van der Waals surface area contributed by atoms with Gasteiger partial charge in [0, 0.05) is 4.47 Å². The molecule has 1 aliphatic heterocycles. The third kappa shape index (κ3) is 4.47. The first kappa shape index (κ1) is 20.0. The van der Waals surface area contributed by atoms with E-state index in [9.17, 15) is 22.8 Å². The van der Waals surface area contributed by atoms with Crippen LogP contribution >= 0.6 is 15.9 Å². The molecular formula is C15H13BrF3NO6. The van der Waals surface area contributed by atoms with E-state index in [2.05, 4.69) is 30.1 Å². The van der Waals surface area contributed by atoms with Gasteiger partial charge in [-0.05, 0) is 18.2 Å². The van der Waals surface area contributed by atoms with Crippen LogP contribution in [-0.2, 0) is 23.8 Å². The summed E-state index contributed by atoms with van der Waals surface area (Å²) < 4.78 is 57.0. The lowest BCUT2D eigenvalue weighted by atomic mass is 10.1. The molecule has 0 amide bonds. The van der Waals surface area contributed by atoms with Crippen LogP contribution < -0.4 is 9.64 Å². The van der Waals surface area contributed by atoms with E-state index in [0.29, 0.717) is 4.47 Å². The number of alkyl halides is 3. The highest BCUT2D eigenvalue weighted by Gasteiger charge is 2.37. The van der Waals surface area contributed by atoms with Crippen molar-refractivity contribution in [3.8, 4) is 5.75 Å². The van der Waals surface area contributed by atoms with Crippen LogP contribution in [0, 0.1) is 0 Å². The Morgan fingerprint density at radius 2 is 1.85 bits per heavy atom. The SMILES string of the molecule is COC(=O)C1=C(C(=O)OC)N(c2ccc(Br)cc2OC(F)(F)F)COC1. The molecule has 0 spiro atoms. The van der Waals surface area contributed by atoms with Gasteiger partial charge in [0.1, 0.15) is 12.4 Å². The number of anilines is 1. The average molecular weight is 440 g/mol. The van der Waals surface area contributed by atoms with E-state index in [0.717, 1.165) is 25.2 Å². The molecule has 1 aromatic carbocycles. The first-order valence-corrected chi connectivity index (χ1v) is 7.77. The summed E-state index contributed by atoms with van der Waals surface area (Å²) in [6, 6.07) is 3.79. The van der Waals surface area contributed by atoms with Crippen molar-refractivity contribution in [3.63, 3.8) is 0 Å². The molecule has 0 unspecified atom stereocenters. The quantitative estimate of drug-likeness (QED) is 0.667. The predicted molar refractivity (Wildman–Crippen MR) is 85.2 cm³/mol. The zero-order valence-electron chi connectivity index (χ0n) is 13.6. The number of hydrogen-bond donors (Lipinski definition) is 0. The minimum absolute atomic E-state index is 0.146. The molecule has 0 saturated carbocycles. The maximum atomic E-state index is 12.7. The second-order valence-electron chi connectivity index (χ2n) is 4.88. The number of rotatable bonds is 4. The monoisotopic (exact) mass is 439 g/mol. The van der Waals surface area contributed by atoms with Crippen LogP contribution in [0.3, 0.4) is 0 Å². The Bertz CT molecular complexity index is 749. The second kappa shape index (κ2) is 7.96. The largest absolute Gasteiger partial charge is 0.573 e. The van der Waals surface area contributed by atoms with Crippen LogP contribution in [0.2, 0.25) is 0 Å². The number of carbonyl (C=O) groups excluding carboxylic acids is 2. The van der Waals surface area contributed by atoms with E-state index in [1.54, 1.807) is 0 Å². The average Bonchev–Trinajstić information content (AvgIpc) is 2.58. The van der Waals surface area contributed by atoms with E-state index in [-0.39, 0.29) is 30.3 Å². The van der Waals surface area contributed by atoms with E-state index >= 15 is 0 Å². The Hall–Kier alpha value is -2.27. The number of halogens is 4. The van der Waals surface area contributed by atoms with Crippen LogP contribution in [0.1, 0.15) is 0 Å². The smallest absolute Gasteiger partial charge is 0.466 e. The van der Waals surface area contributed by atoms with Crippen molar-refractivity contribution in [2.45, 2.75) is 6.36 Å². The zero-order valence-corrected chi connectivity index (χ0v) is 15.1. The van der Waals surface area contributed by atoms with Crippen molar-refractivity contribution in [2.24, 2.45) is 0 Å². The summed E-state index contributed by atoms with van der Waals surface area (Å²) in [5.74, 6) is -2.40. The molecule has 0 N–H and O–H groups in total. The van der Waals surface area contributed by atoms with Crippen molar-refractivity contribution in [1.82, 2.24) is 0 Å². The molecule has 0 fully saturated rings. The zero-order chi connectivity index (χ0) is 19.5. The summed E-state index contributed by atoms with van der Waals surface area (Å²) in [5.41, 5.74) is -0.626. The van der Waals surface area contributed by atoms with Crippen molar-refractivity contribution < 1.29 is 41.7 Å². The van der Waals surface area contributed by atoms with Gasteiger partial charge < -0.3 is 23.8 Å². The molecule has 0 radical (unpaired) electrons. The summed E-state index contributed by atoms with van der Waals surface area (Å²) in [6.07, 6.45) is -4.97. The fourth-order valence-corrected chi connectivity index (χ4v) is 2.59. The molecule has 1 heterocycles. The predicted octanol–water partition coefficient (Wildman–Crippen LogP) is 2.74. The lowest BCUT2D eigenvalue weighted by Gasteiger charge is -2.32. The van der Waals surface area contributed by atoms with E-state index in [1.807, 2.05) is 0 Å². The van der Waals surface area contributed by atoms with Gasteiger partial charge in [-0.25, -0.2) is 9.59 Å². The second-order valence-corrected chi connectivity index (χ2v) is 5.79. The summed E-state index contributed by atoms with van der Waals surface area (Å²) >= 11 is 3.06. The third-order valence-corrected chi connectivity index (χ3v) is 3.76. The molecule has 1 aliphatic rings. The lowest BCUT2D eigenvalue weighted by Crippen LogP contribution is -2.39. The van der Waals surface area contributed by atoms with E-state index < -0.39 is 24.1 Å². The van der Waals surface area contributed by atoms with Crippen molar-refractivity contribution in [2.75, 3.05) is 32.5 Å².